The topological polar surface area (TPSA) is 95.4 Å². The number of piperidine rings is 1. The molecule has 2 atom stereocenters. The molecule has 2 unspecified atom stereocenters. The third-order valence-electron chi connectivity index (χ3n) is 6.39. The second kappa shape index (κ2) is 9.05. The summed E-state index contributed by atoms with van der Waals surface area (Å²) in [7, 11) is 0. The number of nitrogens with two attached hydrogens (primary N) is 1. The van der Waals surface area contributed by atoms with Crippen molar-refractivity contribution in [3.8, 4) is 5.75 Å². The summed E-state index contributed by atoms with van der Waals surface area (Å²) >= 11 is 0. The van der Waals surface area contributed by atoms with Crippen LogP contribution in [0.2, 0.25) is 0 Å². The van der Waals surface area contributed by atoms with Crippen LogP contribution in [0.25, 0.3) is 16.7 Å². The van der Waals surface area contributed by atoms with Crippen LogP contribution in [0.5, 0.6) is 5.75 Å². The lowest BCUT2D eigenvalue weighted by molar-refractivity contribution is -0.127. The lowest BCUT2D eigenvalue weighted by Crippen LogP contribution is -2.42. The van der Waals surface area contributed by atoms with Crippen LogP contribution in [0.4, 0.5) is 5.82 Å². The smallest absolute Gasteiger partial charge is 0.334 e. The maximum absolute atomic E-state index is 13.8. The zero-order valence-corrected chi connectivity index (χ0v) is 18.8. The van der Waals surface area contributed by atoms with E-state index in [0.29, 0.717) is 36.4 Å². The molecule has 34 heavy (non-hydrogen) atoms. The van der Waals surface area contributed by atoms with E-state index in [9.17, 15) is 9.59 Å². The summed E-state index contributed by atoms with van der Waals surface area (Å²) in [5.74, 6) is 0.970. The lowest BCUT2D eigenvalue weighted by atomic mass is 10.1. The molecule has 0 radical (unpaired) electrons. The number of anilines is 1. The van der Waals surface area contributed by atoms with E-state index < -0.39 is 0 Å². The lowest BCUT2D eigenvalue weighted by Gasteiger charge is -2.32. The van der Waals surface area contributed by atoms with Crippen molar-refractivity contribution < 1.29 is 9.53 Å². The van der Waals surface area contributed by atoms with Gasteiger partial charge in [0.15, 0.2) is 0 Å². The minimum Gasteiger partial charge on any atom is -0.486 e. The number of para-hydroxylation sites is 1. The molecule has 174 valence electrons. The largest absolute Gasteiger partial charge is 0.486 e. The zero-order chi connectivity index (χ0) is 23.7. The normalized spacial score (nSPS) is 20.2. The van der Waals surface area contributed by atoms with Crippen LogP contribution in [-0.4, -0.2) is 44.1 Å². The summed E-state index contributed by atoms with van der Waals surface area (Å²) in [4.78, 5) is 32.0. The molecule has 1 aliphatic heterocycles. The van der Waals surface area contributed by atoms with E-state index in [-0.39, 0.29) is 23.7 Å². The molecule has 2 aliphatic rings. The van der Waals surface area contributed by atoms with E-state index >= 15 is 0 Å². The summed E-state index contributed by atoms with van der Waals surface area (Å²) < 4.78 is 9.41. The third-order valence-corrected chi connectivity index (χ3v) is 6.39. The second-order valence-electron chi connectivity index (χ2n) is 8.53. The summed E-state index contributed by atoms with van der Waals surface area (Å²) in [6.45, 7) is 4.71. The number of carbonyl (C=O) groups excluding carboxylic acids is 1. The van der Waals surface area contributed by atoms with Crippen LogP contribution in [-0.2, 0) is 4.79 Å². The SMILES string of the molecule is C=CC(=O)N1CCCC(n2c(=O)n(C3=CCC(Oc4ccccc4)C=C3)c3c(N)nccc32)C1. The van der Waals surface area contributed by atoms with Gasteiger partial charge in [0.1, 0.15) is 23.2 Å². The molecule has 1 fully saturated rings. The second-order valence-corrected chi connectivity index (χ2v) is 8.53. The van der Waals surface area contributed by atoms with Gasteiger partial charge in [-0.05, 0) is 49.3 Å². The molecule has 3 aromatic rings. The van der Waals surface area contributed by atoms with Crippen LogP contribution in [0.1, 0.15) is 25.3 Å². The first-order valence-corrected chi connectivity index (χ1v) is 11.5. The number of ether oxygens (including phenoxy) is 1. The minimum absolute atomic E-state index is 0.120. The van der Waals surface area contributed by atoms with Gasteiger partial charge < -0.3 is 15.4 Å². The van der Waals surface area contributed by atoms with Crippen LogP contribution >= 0.6 is 0 Å². The molecule has 5 rings (SSSR count). The van der Waals surface area contributed by atoms with Crippen molar-refractivity contribution in [2.45, 2.75) is 31.4 Å². The number of aromatic nitrogens is 3. The van der Waals surface area contributed by atoms with E-state index in [4.69, 9.17) is 10.5 Å². The predicted molar refractivity (Wildman–Crippen MR) is 132 cm³/mol. The Kier molecular flexibility index (Phi) is 5.79. The summed E-state index contributed by atoms with van der Waals surface area (Å²) in [6, 6.07) is 11.3. The van der Waals surface area contributed by atoms with E-state index in [2.05, 4.69) is 11.6 Å². The Morgan fingerprint density at radius 2 is 2.06 bits per heavy atom. The van der Waals surface area contributed by atoms with Crippen molar-refractivity contribution in [1.82, 2.24) is 19.0 Å². The summed E-state index contributed by atoms with van der Waals surface area (Å²) in [5.41, 5.74) is 8.10. The number of benzene rings is 1. The standard InChI is InChI=1S/C26H27N5O3/c1-2-23(32)29-16-6-7-19(17-29)30-22-14-15-28-25(27)24(22)31(26(30)33)18-10-12-21(13-11-18)34-20-8-4-3-5-9-20/h2-5,8-12,14-15,19,21H,1,6-7,13,16-17H2,(H2,27,28). The zero-order valence-electron chi connectivity index (χ0n) is 18.8. The number of nitrogen functional groups attached to an aromatic ring is 1. The number of amides is 1. The number of allylic oxidation sites excluding steroid dienone is 2. The number of rotatable bonds is 5. The molecule has 0 spiro atoms. The maximum atomic E-state index is 13.8. The highest BCUT2D eigenvalue weighted by molar-refractivity contribution is 5.90. The molecule has 8 heteroatoms. The Hall–Kier alpha value is -4.07. The van der Waals surface area contributed by atoms with Crippen LogP contribution in [0.15, 0.2) is 78.3 Å². The van der Waals surface area contributed by atoms with Crippen LogP contribution in [0.3, 0.4) is 0 Å². The Morgan fingerprint density at radius 1 is 1.24 bits per heavy atom. The van der Waals surface area contributed by atoms with E-state index in [1.165, 1.54) is 6.08 Å². The predicted octanol–water partition coefficient (Wildman–Crippen LogP) is 3.38. The molecule has 0 bridgehead atoms. The van der Waals surface area contributed by atoms with Gasteiger partial charge in [0.05, 0.1) is 11.6 Å². The van der Waals surface area contributed by atoms with Gasteiger partial charge >= 0.3 is 5.69 Å². The number of likely N-dealkylation sites (tertiary alicyclic amines) is 1. The number of fused-ring (bicyclic) bond motifs is 1. The van der Waals surface area contributed by atoms with Crippen LogP contribution < -0.4 is 16.2 Å². The van der Waals surface area contributed by atoms with Gasteiger partial charge in [-0.25, -0.2) is 9.78 Å². The molecule has 1 saturated heterocycles. The summed E-state index contributed by atoms with van der Waals surface area (Å²) in [5, 5.41) is 0. The van der Waals surface area contributed by atoms with E-state index in [0.717, 1.165) is 24.3 Å². The number of hydrogen-bond donors (Lipinski definition) is 1. The molecular weight excluding hydrogens is 430 g/mol. The van der Waals surface area contributed by atoms with Gasteiger partial charge in [0.2, 0.25) is 5.91 Å². The average molecular weight is 458 g/mol. The molecule has 3 heterocycles. The van der Waals surface area contributed by atoms with Gasteiger partial charge in [-0.3, -0.25) is 13.9 Å². The van der Waals surface area contributed by atoms with Crippen molar-refractivity contribution in [3.63, 3.8) is 0 Å². The van der Waals surface area contributed by atoms with Gasteiger partial charge in [-0.2, -0.15) is 0 Å². The molecule has 0 saturated carbocycles. The molecule has 2 aromatic heterocycles. The molecule has 1 aromatic carbocycles. The Labute approximate surface area is 197 Å². The molecule has 1 aliphatic carbocycles. The first-order chi connectivity index (χ1) is 16.6. The number of nitrogens with zero attached hydrogens (tertiary/aromatic N) is 4. The van der Waals surface area contributed by atoms with Gasteiger partial charge in [-0.15, -0.1) is 0 Å². The number of hydrogen-bond acceptors (Lipinski definition) is 5. The number of carbonyl (C=O) groups is 1. The molecule has 2 N–H and O–H groups in total. The Balaban J connectivity index is 1.50. The van der Waals surface area contributed by atoms with E-state index in [1.807, 2.05) is 54.6 Å². The highest BCUT2D eigenvalue weighted by Gasteiger charge is 2.29. The molecule has 8 nitrogen and oxygen atoms in total. The quantitative estimate of drug-likeness (QED) is 0.593. The maximum Gasteiger partial charge on any atom is 0.334 e. The molecular formula is C26H27N5O3. The number of pyridine rings is 1. The van der Waals surface area contributed by atoms with Gasteiger partial charge in [0, 0.05) is 31.4 Å². The van der Waals surface area contributed by atoms with Crippen molar-refractivity contribution in [1.29, 1.82) is 0 Å². The number of imidazole rings is 1. The third kappa shape index (κ3) is 3.91. The Morgan fingerprint density at radius 3 is 2.79 bits per heavy atom. The van der Waals surface area contributed by atoms with Crippen LogP contribution in [0, 0.1) is 0 Å². The average Bonchev–Trinajstić information content (AvgIpc) is 3.17. The highest BCUT2D eigenvalue weighted by atomic mass is 16.5. The Bertz CT molecular complexity index is 1350. The fourth-order valence-corrected chi connectivity index (χ4v) is 4.79. The van der Waals surface area contributed by atoms with Crippen molar-refractivity contribution in [3.05, 3.63) is 84.0 Å². The van der Waals surface area contributed by atoms with Crippen molar-refractivity contribution >= 4 is 28.5 Å². The van der Waals surface area contributed by atoms with Crippen molar-refractivity contribution in [2.24, 2.45) is 0 Å². The van der Waals surface area contributed by atoms with Crippen molar-refractivity contribution in [2.75, 3.05) is 18.8 Å². The molecule has 1 amide bonds. The first kappa shape index (κ1) is 21.8. The fraction of sp³-hybridized carbons (Fsp3) is 0.269. The van der Waals surface area contributed by atoms with Gasteiger partial charge in [-0.1, -0.05) is 30.9 Å². The van der Waals surface area contributed by atoms with Gasteiger partial charge in [0.25, 0.3) is 0 Å². The summed E-state index contributed by atoms with van der Waals surface area (Å²) in [6.07, 6.45) is 10.9. The fourth-order valence-electron chi connectivity index (χ4n) is 4.79. The minimum atomic E-state index is -0.189. The highest BCUT2D eigenvalue weighted by Crippen LogP contribution is 2.29. The van der Waals surface area contributed by atoms with E-state index in [1.54, 1.807) is 20.2 Å². The monoisotopic (exact) mass is 457 g/mol. The first-order valence-electron chi connectivity index (χ1n) is 11.5.